The highest BCUT2D eigenvalue weighted by Crippen LogP contribution is 2.34. The summed E-state index contributed by atoms with van der Waals surface area (Å²) < 4.78 is 6.16. The Morgan fingerprint density at radius 3 is 2.94 bits per heavy atom. The number of aromatic nitrogens is 2. The van der Waals surface area contributed by atoms with Crippen LogP contribution in [0.3, 0.4) is 0 Å². The predicted molar refractivity (Wildman–Crippen MR) is 74.5 cm³/mol. The molecule has 0 fully saturated rings. The number of carbonyl (C=O) groups excluding carboxylic acids is 1. The summed E-state index contributed by atoms with van der Waals surface area (Å²) in [5, 5.41) is 0.937. The van der Waals surface area contributed by atoms with Crippen molar-refractivity contribution in [2.45, 2.75) is 9.37 Å². The molecule has 0 bridgehead atoms. The van der Waals surface area contributed by atoms with Crippen molar-refractivity contribution in [2.75, 3.05) is 7.11 Å². The number of hydrogen-bond acceptors (Lipinski definition) is 6. The largest absolute Gasteiger partial charge is 0.465 e. The molecule has 0 amide bonds. The van der Waals surface area contributed by atoms with Crippen LogP contribution in [0.15, 0.2) is 32.2 Å². The van der Waals surface area contributed by atoms with Gasteiger partial charge in [0, 0.05) is 10.7 Å². The van der Waals surface area contributed by atoms with Gasteiger partial charge in [0.1, 0.15) is 5.03 Å². The number of hydrogen-bond donors (Lipinski definition) is 0. The number of esters is 1. The molecule has 94 valence electrons. The van der Waals surface area contributed by atoms with E-state index in [2.05, 4.69) is 30.6 Å². The third kappa shape index (κ3) is 3.23. The zero-order valence-corrected chi connectivity index (χ0v) is 13.0. The van der Waals surface area contributed by atoms with Gasteiger partial charge in [-0.05, 0) is 39.8 Å². The number of thiazole rings is 1. The Morgan fingerprint density at radius 2 is 2.33 bits per heavy atom. The Labute approximate surface area is 125 Å². The Bertz CT molecular complexity index is 574. The number of pyridine rings is 1. The minimum absolute atomic E-state index is 0.159. The van der Waals surface area contributed by atoms with Crippen LogP contribution in [0.1, 0.15) is 9.67 Å². The second kappa shape index (κ2) is 6.01. The van der Waals surface area contributed by atoms with E-state index in [1.54, 1.807) is 6.20 Å². The topological polar surface area (TPSA) is 52.1 Å². The molecule has 0 atom stereocenters. The minimum atomic E-state index is -0.479. The Kier molecular flexibility index (Phi) is 4.60. The van der Waals surface area contributed by atoms with Crippen LogP contribution < -0.4 is 0 Å². The number of methoxy groups -OCH3 is 1. The van der Waals surface area contributed by atoms with Crippen LogP contribution >= 0.6 is 50.6 Å². The van der Waals surface area contributed by atoms with Crippen LogP contribution in [0.5, 0.6) is 0 Å². The van der Waals surface area contributed by atoms with Gasteiger partial charge in [0.15, 0.2) is 14.4 Å². The Balaban J connectivity index is 2.20. The first kappa shape index (κ1) is 13.8. The SMILES string of the molecule is COC(=O)c1sc(Sc2ccc(Br)cn2)nc1Cl. The second-order valence-corrected chi connectivity index (χ2v) is 6.55. The third-order valence-electron chi connectivity index (χ3n) is 1.83. The Morgan fingerprint density at radius 1 is 1.56 bits per heavy atom. The van der Waals surface area contributed by atoms with Gasteiger partial charge in [-0.2, -0.15) is 0 Å². The van der Waals surface area contributed by atoms with Gasteiger partial charge in [-0.15, -0.1) is 0 Å². The molecule has 0 aromatic carbocycles. The summed E-state index contributed by atoms with van der Waals surface area (Å²) in [6.07, 6.45) is 1.69. The average Bonchev–Trinajstić information content (AvgIpc) is 2.72. The van der Waals surface area contributed by atoms with E-state index in [4.69, 9.17) is 11.6 Å². The molecule has 0 aliphatic rings. The van der Waals surface area contributed by atoms with Gasteiger partial charge < -0.3 is 4.74 Å². The summed E-state index contributed by atoms with van der Waals surface area (Å²) in [7, 11) is 1.31. The van der Waals surface area contributed by atoms with Gasteiger partial charge in [-0.25, -0.2) is 14.8 Å². The maximum absolute atomic E-state index is 11.4. The molecule has 2 heterocycles. The highest BCUT2D eigenvalue weighted by molar-refractivity contribution is 9.10. The summed E-state index contributed by atoms with van der Waals surface area (Å²) >= 11 is 11.7. The van der Waals surface area contributed by atoms with Crippen molar-refractivity contribution in [3.05, 3.63) is 32.8 Å². The van der Waals surface area contributed by atoms with E-state index in [1.165, 1.54) is 30.2 Å². The fourth-order valence-electron chi connectivity index (χ4n) is 1.06. The van der Waals surface area contributed by atoms with Gasteiger partial charge in [0.2, 0.25) is 0 Å². The molecule has 2 aromatic rings. The number of rotatable bonds is 3. The lowest BCUT2D eigenvalue weighted by Gasteiger charge is -1.95. The van der Waals surface area contributed by atoms with Gasteiger partial charge >= 0.3 is 5.97 Å². The molecular weight excluding hydrogens is 360 g/mol. The van der Waals surface area contributed by atoms with Gasteiger partial charge in [0.25, 0.3) is 0 Å². The monoisotopic (exact) mass is 364 g/mol. The van der Waals surface area contributed by atoms with Crippen LogP contribution in [-0.4, -0.2) is 23.0 Å². The van der Waals surface area contributed by atoms with E-state index in [-0.39, 0.29) is 5.15 Å². The highest BCUT2D eigenvalue weighted by atomic mass is 79.9. The summed E-state index contributed by atoms with van der Waals surface area (Å²) in [5.74, 6) is -0.479. The number of nitrogens with zero attached hydrogens (tertiary/aromatic N) is 2. The predicted octanol–water partition coefficient (Wildman–Crippen LogP) is 3.89. The maximum Gasteiger partial charge on any atom is 0.351 e. The summed E-state index contributed by atoms with van der Waals surface area (Å²) in [6.45, 7) is 0. The molecule has 0 saturated heterocycles. The van der Waals surface area contributed by atoms with Crippen molar-refractivity contribution < 1.29 is 9.53 Å². The second-order valence-electron chi connectivity index (χ2n) is 3.01. The van der Waals surface area contributed by atoms with Crippen molar-refractivity contribution in [1.82, 2.24) is 9.97 Å². The molecule has 0 saturated carbocycles. The van der Waals surface area contributed by atoms with Gasteiger partial charge in [0.05, 0.1) is 7.11 Å². The zero-order chi connectivity index (χ0) is 13.1. The van der Waals surface area contributed by atoms with Crippen LogP contribution in [0.4, 0.5) is 0 Å². The molecule has 2 aromatic heterocycles. The first-order valence-electron chi connectivity index (χ1n) is 4.64. The molecule has 4 nitrogen and oxygen atoms in total. The van der Waals surface area contributed by atoms with E-state index in [9.17, 15) is 4.79 Å². The maximum atomic E-state index is 11.4. The van der Waals surface area contributed by atoms with Crippen LogP contribution in [0, 0.1) is 0 Å². The molecular formula is C10H6BrClN2O2S2. The third-order valence-corrected chi connectivity index (χ3v) is 4.73. The van der Waals surface area contributed by atoms with Crippen molar-refractivity contribution in [2.24, 2.45) is 0 Å². The van der Waals surface area contributed by atoms with E-state index in [0.717, 1.165) is 9.50 Å². The molecule has 0 unspecified atom stereocenters. The zero-order valence-electron chi connectivity index (χ0n) is 9.02. The lowest BCUT2D eigenvalue weighted by Crippen LogP contribution is -1.98. The molecule has 0 aliphatic heterocycles. The Hall–Kier alpha value is -0.630. The fraction of sp³-hybridized carbons (Fsp3) is 0.100. The molecule has 0 N–H and O–H groups in total. The molecule has 0 spiro atoms. The number of carbonyl (C=O) groups is 1. The molecule has 0 radical (unpaired) electrons. The number of ether oxygens (including phenoxy) is 1. The quantitative estimate of drug-likeness (QED) is 0.772. The summed E-state index contributed by atoms with van der Waals surface area (Å²) in [6, 6.07) is 3.73. The molecule has 18 heavy (non-hydrogen) atoms. The lowest BCUT2D eigenvalue weighted by atomic mass is 10.5. The van der Waals surface area contributed by atoms with Crippen LogP contribution in [0.25, 0.3) is 0 Å². The molecule has 2 rings (SSSR count). The van der Waals surface area contributed by atoms with Gasteiger partial charge in [-0.3, -0.25) is 0 Å². The normalized spacial score (nSPS) is 10.4. The molecule has 8 heteroatoms. The van der Waals surface area contributed by atoms with Crippen molar-refractivity contribution >= 4 is 56.6 Å². The first-order chi connectivity index (χ1) is 8.60. The van der Waals surface area contributed by atoms with Crippen LogP contribution in [-0.2, 0) is 4.74 Å². The van der Waals surface area contributed by atoms with Crippen molar-refractivity contribution in [1.29, 1.82) is 0 Å². The fourth-order valence-corrected chi connectivity index (χ4v) is 3.51. The van der Waals surface area contributed by atoms with E-state index < -0.39 is 5.97 Å². The highest BCUT2D eigenvalue weighted by Gasteiger charge is 2.18. The van der Waals surface area contributed by atoms with Crippen molar-refractivity contribution in [3.8, 4) is 0 Å². The average molecular weight is 366 g/mol. The number of halogens is 2. The summed E-state index contributed by atoms with van der Waals surface area (Å²) in [4.78, 5) is 20.0. The van der Waals surface area contributed by atoms with E-state index in [0.29, 0.717) is 9.22 Å². The summed E-state index contributed by atoms with van der Waals surface area (Å²) in [5.41, 5.74) is 0. The smallest absolute Gasteiger partial charge is 0.351 e. The minimum Gasteiger partial charge on any atom is -0.465 e. The lowest BCUT2D eigenvalue weighted by molar-refractivity contribution is 0.0606. The van der Waals surface area contributed by atoms with Gasteiger partial charge in [-0.1, -0.05) is 22.9 Å². The van der Waals surface area contributed by atoms with E-state index in [1.807, 2.05) is 12.1 Å². The first-order valence-corrected chi connectivity index (χ1v) is 7.44. The van der Waals surface area contributed by atoms with Crippen molar-refractivity contribution in [3.63, 3.8) is 0 Å². The standard InChI is InChI=1S/C10H6BrClN2O2S2/c1-16-9(15)7-8(12)14-10(18-7)17-6-3-2-5(11)4-13-6/h2-4H,1H3. The van der Waals surface area contributed by atoms with E-state index >= 15 is 0 Å². The molecule has 0 aliphatic carbocycles. The van der Waals surface area contributed by atoms with Crippen LogP contribution in [0.2, 0.25) is 5.15 Å².